The summed E-state index contributed by atoms with van der Waals surface area (Å²) in [6, 6.07) is 15.8. The Morgan fingerprint density at radius 2 is 1.92 bits per heavy atom. The van der Waals surface area contributed by atoms with Crippen LogP contribution in [-0.4, -0.2) is 66.0 Å². The second kappa shape index (κ2) is 10.2. The molecule has 1 saturated heterocycles. The number of nitrogens with one attached hydrogen (secondary N) is 1. The standard InChI is InChI=1S/C28H32N4O4/c1-3-16-36-27-26(29-24(33)19-35-2)21-9-5-6-10-22(21)28(27)12-14-31(15-13-28)25(34)18-32-17-20-8-4-7-11-23(20)30-32/h3-11,17,26-27H,1,12-16,18-19H2,2H3,(H,29,33)/t26-,27+/m1/s1. The minimum Gasteiger partial charge on any atom is -0.375 e. The van der Waals surface area contributed by atoms with E-state index in [2.05, 4.69) is 29.1 Å². The van der Waals surface area contributed by atoms with E-state index < -0.39 is 0 Å². The van der Waals surface area contributed by atoms with E-state index in [9.17, 15) is 9.59 Å². The summed E-state index contributed by atoms with van der Waals surface area (Å²) in [5, 5.41) is 8.69. The lowest BCUT2D eigenvalue weighted by atomic mass is 9.71. The molecule has 0 unspecified atom stereocenters. The van der Waals surface area contributed by atoms with E-state index in [1.807, 2.05) is 47.5 Å². The van der Waals surface area contributed by atoms with Gasteiger partial charge >= 0.3 is 0 Å². The molecule has 36 heavy (non-hydrogen) atoms. The summed E-state index contributed by atoms with van der Waals surface area (Å²) >= 11 is 0. The van der Waals surface area contributed by atoms with Gasteiger partial charge in [-0.2, -0.15) is 5.10 Å². The van der Waals surface area contributed by atoms with E-state index in [1.165, 1.54) is 12.7 Å². The number of rotatable bonds is 8. The van der Waals surface area contributed by atoms with Gasteiger partial charge in [-0.25, -0.2) is 0 Å². The Labute approximate surface area is 210 Å². The fourth-order valence-electron chi connectivity index (χ4n) is 5.83. The smallest absolute Gasteiger partial charge is 0.246 e. The summed E-state index contributed by atoms with van der Waals surface area (Å²) in [5.41, 5.74) is 2.84. The van der Waals surface area contributed by atoms with Gasteiger partial charge in [-0.15, -0.1) is 6.58 Å². The van der Waals surface area contributed by atoms with Gasteiger partial charge < -0.3 is 19.7 Å². The molecule has 5 rings (SSSR count). The average Bonchev–Trinajstić information content (AvgIpc) is 3.40. The first-order valence-electron chi connectivity index (χ1n) is 12.4. The van der Waals surface area contributed by atoms with Crippen molar-refractivity contribution in [2.24, 2.45) is 0 Å². The number of benzene rings is 2. The topological polar surface area (TPSA) is 85.7 Å². The van der Waals surface area contributed by atoms with Crippen LogP contribution in [-0.2, 0) is 31.0 Å². The molecule has 1 N–H and O–H groups in total. The third-order valence-electron chi connectivity index (χ3n) is 7.43. The first-order valence-corrected chi connectivity index (χ1v) is 12.4. The fraction of sp³-hybridized carbons (Fsp3) is 0.393. The van der Waals surface area contributed by atoms with Crippen LogP contribution in [0.15, 0.2) is 67.4 Å². The first kappa shape index (κ1) is 24.2. The Morgan fingerprint density at radius 1 is 1.17 bits per heavy atom. The molecule has 188 valence electrons. The Morgan fingerprint density at radius 3 is 2.67 bits per heavy atom. The van der Waals surface area contributed by atoms with Crippen molar-refractivity contribution < 1.29 is 19.1 Å². The molecule has 1 aliphatic carbocycles. The molecule has 8 heteroatoms. The maximum absolute atomic E-state index is 13.2. The summed E-state index contributed by atoms with van der Waals surface area (Å²) < 4.78 is 13.1. The molecular formula is C28H32N4O4. The third-order valence-corrected chi connectivity index (χ3v) is 7.43. The van der Waals surface area contributed by atoms with E-state index in [4.69, 9.17) is 9.47 Å². The van der Waals surface area contributed by atoms with Gasteiger partial charge in [0.2, 0.25) is 11.8 Å². The number of aromatic nitrogens is 2. The summed E-state index contributed by atoms with van der Waals surface area (Å²) in [6.45, 7) is 5.63. The van der Waals surface area contributed by atoms with Gasteiger partial charge in [0.05, 0.1) is 24.3 Å². The van der Waals surface area contributed by atoms with E-state index in [0.717, 1.165) is 29.3 Å². The van der Waals surface area contributed by atoms with E-state index in [1.54, 1.807) is 10.8 Å². The van der Waals surface area contributed by atoms with Gasteiger partial charge in [0.15, 0.2) is 0 Å². The second-order valence-corrected chi connectivity index (χ2v) is 9.53. The van der Waals surface area contributed by atoms with Gasteiger partial charge in [-0.05, 0) is 30.0 Å². The van der Waals surface area contributed by atoms with Crippen LogP contribution < -0.4 is 5.32 Å². The minimum atomic E-state index is -0.304. The maximum Gasteiger partial charge on any atom is 0.246 e. The zero-order valence-electron chi connectivity index (χ0n) is 20.6. The van der Waals surface area contributed by atoms with E-state index >= 15 is 0 Å². The number of hydrogen-bond acceptors (Lipinski definition) is 5. The predicted octanol–water partition coefficient (Wildman–Crippen LogP) is 2.99. The largest absolute Gasteiger partial charge is 0.375 e. The van der Waals surface area contributed by atoms with Crippen LogP contribution >= 0.6 is 0 Å². The van der Waals surface area contributed by atoms with Crippen molar-refractivity contribution in [3.8, 4) is 0 Å². The summed E-state index contributed by atoms with van der Waals surface area (Å²) in [7, 11) is 1.51. The number of carbonyl (C=O) groups excluding carboxylic acids is 2. The maximum atomic E-state index is 13.2. The molecule has 2 aliphatic rings. The molecular weight excluding hydrogens is 456 g/mol. The number of ether oxygens (including phenoxy) is 2. The molecule has 1 aliphatic heterocycles. The Hall–Kier alpha value is -3.49. The minimum absolute atomic E-state index is 0.00936. The highest BCUT2D eigenvalue weighted by molar-refractivity contribution is 5.80. The van der Waals surface area contributed by atoms with Gasteiger partial charge in [0, 0.05) is 37.2 Å². The molecule has 0 bridgehead atoms. The van der Waals surface area contributed by atoms with E-state index in [0.29, 0.717) is 19.7 Å². The highest BCUT2D eigenvalue weighted by atomic mass is 16.5. The molecule has 1 aromatic heterocycles. The number of hydrogen-bond donors (Lipinski definition) is 1. The monoisotopic (exact) mass is 488 g/mol. The molecule has 2 atom stereocenters. The van der Waals surface area contributed by atoms with Crippen molar-refractivity contribution in [3.05, 3.63) is 78.5 Å². The Kier molecular flexibility index (Phi) is 6.89. The number of fused-ring (bicyclic) bond motifs is 3. The number of nitrogens with zero attached hydrogens (tertiary/aromatic N) is 3. The molecule has 1 fully saturated rings. The zero-order chi connectivity index (χ0) is 25.1. The summed E-state index contributed by atoms with van der Waals surface area (Å²) in [4.78, 5) is 27.6. The number of likely N-dealkylation sites (tertiary alicyclic amines) is 1. The molecule has 0 radical (unpaired) electrons. The Balaban J connectivity index is 1.35. The quantitative estimate of drug-likeness (QED) is 0.493. The number of piperidine rings is 1. The Bertz CT molecular complexity index is 1230. The molecule has 2 heterocycles. The van der Waals surface area contributed by atoms with Crippen LogP contribution in [0.25, 0.3) is 10.9 Å². The lowest BCUT2D eigenvalue weighted by Crippen LogP contribution is -2.52. The van der Waals surface area contributed by atoms with Crippen molar-refractivity contribution in [2.45, 2.75) is 36.9 Å². The van der Waals surface area contributed by atoms with E-state index in [-0.39, 0.29) is 42.5 Å². The van der Waals surface area contributed by atoms with Crippen LogP contribution in [0.3, 0.4) is 0 Å². The normalized spacial score (nSPS) is 20.4. The van der Waals surface area contributed by atoms with Crippen molar-refractivity contribution >= 4 is 22.7 Å². The van der Waals surface area contributed by atoms with Gasteiger partial charge in [0.25, 0.3) is 0 Å². The first-order chi connectivity index (χ1) is 17.6. The SMILES string of the molecule is C=CCO[C@H]1[C@H](NC(=O)COC)c2ccccc2C12CCN(C(=O)Cn1cc3ccccc3n1)CC2. The van der Waals surface area contributed by atoms with Crippen LogP contribution in [0.2, 0.25) is 0 Å². The number of amides is 2. The highest BCUT2D eigenvalue weighted by Gasteiger charge is 2.54. The molecule has 1 spiro atoms. The van der Waals surface area contributed by atoms with Gasteiger partial charge in [0.1, 0.15) is 13.2 Å². The zero-order valence-corrected chi connectivity index (χ0v) is 20.6. The van der Waals surface area contributed by atoms with Crippen molar-refractivity contribution in [2.75, 3.05) is 33.4 Å². The van der Waals surface area contributed by atoms with Crippen molar-refractivity contribution in [1.82, 2.24) is 20.0 Å². The molecule has 2 aromatic carbocycles. The van der Waals surface area contributed by atoms with Crippen molar-refractivity contribution in [1.29, 1.82) is 0 Å². The van der Waals surface area contributed by atoms with Crippen LogP contribution in [0.5, 0.6) is 0 Å². The van der Waals surface area contributed by atoms with Crippen LogP contribution in [0.1, 0.15) is 30.0 Å². The third kappa shape index (κ3) is 4.42. The molecule has 0 saturated carbocycles. The summed E-state index contributed by atoms with van der Waals surface area (Å²) in [5.74, 6) is -0.127. The van der Waals surface area contributed by atoms with Gasteiger partial charge in [-0.1, -0.05) is 48.5 Å². The fourth-order valence-corrected chi connectivity index (χ4v) is 5.83. The molecule has 3 aromatic rings. The van der Waals surface area contributed by atoms with Crippen LogP contribution in [0.4, 0.5) is 0 Å². The van der Waals surface area contributed by atoms with Crippen molar-refractivity contribution in [3.63, 3.8) is 0 Å². The lowest BCUT2D eigenvalue weighted by Gasteiger charge is -2.44. The predicted molar refractivity (Wildman–Crippen MR) is 136 cm³/mol. The average molecular weight is 489 g/mol. The molecule has 8 nitrogen and oxygen atoms in total. The second-order valence-electron chi connectivity index (χ2n) is 9.53. The lowest BCUT2D eigenvalue weighted by molar-refractivity contribution is -0.135. The molecule has 2 amide bonds. The highest BCUT2D eigenvalue weighted by Crippen LogP contribution is 2.52. The number of methoxy groups -OCH3 is 1. The summed E-state index contributed by atoms with van der Waals surface area (Å²) in [6.07, 6.45) is 4.88. The number of carbonyl (C=O) groups is 2. The van der Waals surface area contributed by atoms with Gasteiger partial charge in [-0.3, -0.25) is 14.3 Å². The van der Waals surface area contributed by atoms with Crippen LogP contribution in [0, 0.1) is 0 Å².